The summed E-state index contributed by atoms with van der Waals surface area (Å²) in [7, 11) is 1.47. The number of rotatable bonds is 6. The second kappa shape index (κ2) is 6.20. The van der Waals surface area contributed by atoms with Gasteiger partial charge in [-0.15, -0.1) is 0 Å². The Labute approximate surface area is 121 Å². The van der Waals surface area contributed by atoms with Gasteiger partial charge in [0.05, 0.1) is 26.1 Å². The van der Waals surface area contributed by atoms with E-state index in [1.54, 1.807) is 18.4 Å². The van der Waals surface area contributed by atoms with E-state index >= 15 is 0 Å². The number of methoxy groups -OCH3 is 1. The van der Waals surface area contributed by atoms with Crippen molar-refractivity contribution in [1.29, 1.82) is 0 Å². The van der Waals surface area contributed by atoms with Gasteiger partial charge in [0.25, 0.3) is 0 Å². The van der Waals surface area contributed by atoms with Gasteiger partial charge in [-0.05, 0) is 13.8 Å². The van der Waals surface area contributed by atoms with E-state index in [0.717, 1.165) is 0 Å². The molecule has 0 spiro atoms. The van der Waals surface area contributed by atoms with E-state index in [9.17, 15) is 10.2 Å². The number of aliphatic hydroxyl groups excluding tert-OH is 2. The van der Waals surface area contributed by atoms with Crippen molar-refractivity contribution in [2.75, 3.05) is 19.5 Å². The van der Waals surface area contributed by atoms with Crippen molar-refractivity contribution in [1.82, 2.24) is 19.5 Å². The quantitative estimate of drug-likeness (QED) is 0.662. The molecular weight excluding hydrogens is 278 g/mol. The molecule has 21 heavy (non-hydrogen) atoms. The Morgan fingerprint density at radius 2 is 2.10 bits per heavy atom. The standard InChI is InChI=1S/C12H19N5O4/c1-6(19)8(4-18)21-7(2)17-5-14-9-10(17)15-12(13)16-11(9)20-3/h5-8,18-19H,4H2,1-3H3,(H2,13,15,16). The molecule has 2 aromatic heterocycles. The maximum atomic E-state index is 9.52. The van der Waals surface area contributed by atoms with Gasteiger partial charge in [-0.3, -0.25) is 4.57 Å². The number of aliphatic hydroxyl groups is 2. The smallest absolute Gasteiger partial charge is 0.246 e. The van der Waals surface area contributed by atoms with Crippen LogP contribution < -0.4 is 10.5 Å². The molecule has 0 bridgehead atoms. The van der Waals surface area contributed by atoms with Crippen molar-refractivity contribution in [3.05, 3.63) is 6.33 Å². The van der Waals surface area contributed by atoms with E-state index < -0.39 is 18.4 Å². The molecule has 0 aliphatic rings. The molecular formula is C12H19N5O4. The number of hydrogen-bond acceptors (Lipinski definition) is 8. The van der Waals surface area contributed by atoms with Gasteiger partial charge in [-0.2, -0.15) is 9.97 Å². The first-order valence-electron chi connectivity index (χ1n) is 6.46. The first-order chi connectivity index (χ1) is 9.97. The number of ether oxygens (including phenoxy) is 2. The van der Waals surface area contributed by atoms with Crippen LogP contribution in [0.4, 0.5) is 5.95 Å². The number of hydrogen-bond donors (Lipinski definition) is 3. The van der Waals surface area contributed by atoms with Crippen LogP contribution in [0.5, 0.6) is 5.88 Å². The molecule has 9 heteroatoms. The molecule has 0 aliphatic heterocycles. The molecule has 0 saturated heterocycles. The Morgan fingerprint density at radius 3 is 2.67 bits per heavy atom. The van der Waals surface area contributed by atoms with Crippen LogP contribution >= 0.6 is 0 Å². The number of anilines is 1. The molecule has 2 aromatic rings. The summed E-state index contributed by atoms with van der Waals surface area (Å²) in [5, 5.41) is 18.7. The maximum absolute atomic E-state index is 9.52. The van der Waals surface area contributed by atoms with Crippen LogP contribution in [0.3, 0.4) is 0 Å². The fraction of sp³-hybridized carbons (Fsp3) is 0.583. The molecule has 9 nitrogen and oxygen atoms in total. The minimum atomic E-state index is -0.804. The van der Waals surface area contributed by atoms with Crippen molar-refractivity contribution in [3.8, 4) is 5.88 Å². The molecule has 0 aromatic carbocycles. The van der Waals surface area contributed by atoms with Crippen molar-refractivity contribution in [2.24, 2.45) is 0 Å². The lowest BCUT2D eigenvalue weighted by Crippen LogP contribution is -2.32. The van der Waals surface area contributed by atoms with Crippen LogP contribution in [-0.2, 0) is 4.74 Å². The van der Waals surface area contributed by atoms with Gasteiger partial charge in [-0.25, -0.2) is 4.98 Å². The molecule has 3 atom stereocenters. The molecule has 116 valence electrons. The second-order valence-electron chi connectivity index (χ2n) is 4.61. The predicted octanol–water partition coefficient (Wildman–Crippen LogP) is -0.306. The molecule has 0 radical (unpaired) electrons. The summed E-state index contributed by atoms with van der Waals surface area (Å²) < 4.78 is 12.3. The number of nitrogens with zero attached hydrogens (tertiary/aromatic N) is 4. The summed E-state index contributed by atoms with van der Waals surface area (Å²) in [6, 6.07) is 0. The average molecular weight is 297 g/mol. The molecule has 4 N–H and O–H groups in total. The highest BCUT2D eigenvalue weighted by molar-refractivity contribution is 5.77. The van der Waals surface area contributed by atoms with Crippen LogP contribution in [0.15, 0.2) is 6.33 Å². The minimum Gasteiger partial charge on any atom is -0.479 e. The van der Waals surface area contributed by atoms with Gasteiger partial charge in [0, 0.05) is 0 Å². The van der Waals surface area contributed by atoms with Gasteiger partial charge in [0.15, 0.2) is 11.2 Å². The summed E-state index contributed by atoms with van der Waals surface area (Å²) in [5.41, 5.74) is 6.55. The van der Waals surface area contributed by atoms with Gasteiger partial charge in [0.2, 0.25) is 11.8 Å². The summed E-state index contributed by atoms with van der Waals surface area (Å²) in [6.45, 7) is 2.99. The van der Waals surface area contributed by atoms with E-state index in [-0.39, 0.29) is 18.4 Å². The van der Waals surface area contributed by atoms with Crippen LogP contribution in [0, 0.1) is 0 Å². The van der Waals surface area contributed by atoms with E-state index in [4.69, 9.17) is 15.2 Å². The first kappa shape index (κ1) is 15.4. The maximum Gasteiger partial charge on any atom is 0.246 e. The van der Waals surface area contributed by atoms with Crippen LogP contribution in [0.25, 0.3) is 11.2 Å². The van der Waals surface area contributed by atoms with Crippen molar-refractivity contribution in [3.63, 3.8) is 0 Å². The van der Waals surface area contributed by atoms with E-state index in [1.165, 1.54) is 13.4 Å². The summed E-state index contributed by atoms with van der Waals surface area (Å²) in [6.07, 6.45) is -0.511. The number of fused-ring (bicyclic) bond motifs is 1. The molecule has 0 saturated carbocycles. The Bertz CT molecular complexity index is 615. The molecule has 0 aliphatic carbocycles. The van der Waals surface area contributed by atoms with Gasteiger partial charge < -0.3 is 25.4 Å². The fourth-order valence-electron chi connectivity index (χ4n) is 1.94. The average Bonchev–Trinajstić information content (AvgIpc) is 2.86. The molecule has 0 fully saturated rings. The fourth-order valence-corrected chi connectivity index (χ4v) is 1.94. The summed E-state index contributed by atoms with van der Waals surface area (Å²) in [4.78, 5) is 12.3. The largest absolute Gasteiger partial charge is 0.479 e. The summed E-state index contributed by atoms with van der Waals surface area (Å²) >= 11 is 0. The van der Waals surface area contributed by atoms with E-state index in [1.807, 2.05) is 0 Å². The van der Waals surface area contributed by atoms with Crippen LogP contribution in [0.2, 0.25) is 0 Å². The third kappa shape index (κ3) is 3.04. The predicted molar refractivity (Wildman–Crippen MR) is 74.6 cm³/mol. The number of nitrogens with two attached hydrogens (primary N) is 1. The third-order valence-electron chi connectivity index (χ3n) is 3.08. The lowest BCUT2D eigenvalue weighted by Gasteiger charge is -2.23. The molecule has 0 amide bonds. The topological polar surface area (TPSA) is 129 Å². The highest BCUT2D eigenvalue weighted by Gasteiger charge is 2.21. The Hall–Kier alpha value is -1.97. The monoisotopic (exact) mass is 297 g/mol. The first-order valence-corrected chi connectivity index (χ1v) is 6.46. The van der Waals surface area contributed by atoms with Crippen molar-refractivity contribution in [2.45, 2.75) is 32.3 Å². The highest BCUT2D eigenvalue weighted by atomic mass is 16.5. The Kier molecular flexibility index (Phi) is 4.56. The molecule has 2 heterocycles. The zero-order chi connectivity index (χ0) is 15.6. The van der Waals surface area contributed by atoms with Crippen molar-refractivity contribution < 1.29 is 19.7 Å². The van der Waals surface area contributed by atoms with Crippen molar-refractivity contribution >= 4 is 17.1 Å². The lowest BCUT2D eigenvalue weighted by atomic mass is 10.2. The highest BCUT2D eigenvalue weighted by Crippen LogP contribution is 2.25. The molecule has 3 unspecified atom stereocenters. The lowest BCUT2D eigenvalue weighted by molar-refractivity contribution is -0.110. The van der Waals surface area contributed by atoms with Crippen LogP contribution in [0.1, 0.15) is 20.1 Å². The Morgan fingerprint density at radius 1 is 1.38 bits per heavy atom. The van der Waals surface area contributed by atoms with Crippen LogP contribution in [-0.4, -0.2) is 55.7 Å². The minimum absolute atomic E-state index is 0.0579. The SMILES string of the molecule is COc1nc(N)nc2c1ncn2C(C)OC(CO)C(C)O. The van der Waals surface area contributed by atoms with E-state index in [0.29, 0.717) is 11.2 Å². The number of aromatic nitrogens is 4. The number of nitrogen functional groups attached to an aromatic ring is 1. The van der Waals surface area contributed by atoms with Gasteiger partial charge >= 0.3 is 0 Å². The number of imidazole rings is 1. The molecule has 2 rings (SSSR count). The Balaban J connectivity index is 2.36. The third-order valence-corrected chi connectivity index (χ3v) is 3.08. The summed E-state index contributed by atoms with van der Waals surface area (Å²) in [5.74, 6) is 0.334. The second-order valence-corrected chi connectivity index (χ2v) is 4.61. The normalized spacial score (nSPS) is 15.9. The van der Waals surface area contributed by atoms with Gasteiger partial charge in [-0.1, -0.05) is 0 Å². The van der Waals surface area contributed by atoms with E-state index in [2.05, 4.69) is 15.0 Å². The zero-order valence-corrected chi connectivity index (χ0v) is 12.1. The zero-order valence-electron chi connectivity index (χ0n) is 12.1. The van der Waals surface area contributed by atoms with Gasteiger partial charge in [0.1, 0.15) is 12.3 Å².